The topological polar surface area (TPSA) is 3.24 Å². The first kappa shape index (κ1) is 14.2. The van der Waals surface area contributed by atoms with Crippen LogP contribution in [0.2, 0.25) is 0 Å². The summed E-state index contributed by atoms with van der Waals surface area (Å²) in [4.78, 5) is 2.45. The second kappa shape index (κ2) is 4.45. The van der Waals surface area contributed by atoms with Crippen LogP contribution >= 0.6 is 0 Å². The predicted octanol–water partition coefficient (Wildman–Crippen LogP) is 4.27. The highest BCUT2D eigenvalue weighted by atomic mass is 15.2. The highest BCUT2D eigenvalue weighted by Crippen LogP contribution is 2.34. The zero-order chi connectivity index (χ0) is 13.4. The molecule has 17 heavy (non-hydrogen) atoms. The van der Waals surface area contributed by atoms with Crippen LogP contribution in [0.1, 0.15) is 51.3 Å². The molecule has 0 aliphatic rings. The molecule has 0 radical (unpaired) electrons. The average molecular weight is 233 g/mol. The van der Waals surface area contributed by atoms with E-state index in [2.05, 4.69) is 78.6 Å². The molecule has 0 amide bonds. The van der Waals surface area contributed by atoms with Crippen molar-refractivity contribution in [2.24, 2.45) is 0 Å². The van der Waals surface area contributed by atoms with Gasteiger partial charge in [0.15, 0.2) is 0 Å². The Morgan fingerprint density at radius 3 is 1.94 bits per heavy atom. The molecule has 0 heterocycles. The maximum atomic E-state index is 2.45. The zero-order valence-corrected chi connectivity index (χ0v) is 12.7. The van der Waals surface area contributed by atoms with E-state index in [1.807, 2.05) is 0 Å². The first-order valence-electron chi connectivity index (χ1n) is 6.39. The fourth-order valence-corrected chi connectivity index (χ4v) is 2.43. The Hall–Kier alpha value is -0.820. The first-order chi connectivity index (χ1) is 7.58. The van der Waals surface area contributed by atoms with E-state index < -0.39 is 0 Å². The molecule has 0 atom stereocenters. The zero-order valence-electron chi connectivity index (χ0n) is 12.7. The highest BCUT2D eigenvalue weighted by Gasteiger charge is 2.34. The Bertz CT molecular complexity index is 396. The van der Waals surface area contributed by atoms with E-state index in [1.54, 1.807) is 0 Å². The largest absolute Gasteiger partial charge is 0.292 e. The molecule has 0 saturated heterocycles. The lowest BCUT2D eigenvalue weighted by molar-refractivity contribution is 0.0543. The van der Waals surface area contributed by atoms with Crippen LogP contribution in [0.3, 0.4) is 0 Å². The minimum absolute atomic E-state index is 0.0500. The maximum absolute atomic E-state index is 2.45. The summed E-state index contributed by atoms with van der Waals surface area (Å²) in [5.74, 6) is 0. The summed E-state index contributed by atoms with van der Waals surface area (Å²) < 4.78 is 0. The fourth-order valence-electron chi connectivity index (χ4n) is 2.43. The standard InChI is InChI=1S/C16H27N/c1-12-10-9-11-14(13(12)2)16(6,7)17(8)15(3,4)5/h9-11H,1-8H3. The van der Waals surface area contributed by atoms with Gasteiger partial charge in [-0.05, 0) is 72.2 Å². The van der Waals surface area contributed by atoms with Gasteiger partial charge in [-0.15, -0.1) is 0 Å². The fraction of sp³-hybridized carbons (Fsp3) is 0.625. The number of hydrogen-bond donors (Lipinski definition) is 0. The smallest absolute Gasteiger partial charge is 0.0409 e. The Morgan fingerprint density at radius 1 is 0.941 bits per heavy atom. The van der Waals surface area contributed by atoms with Crippen LogP contribution in [0.4, 0.5) is 0 Å². The van der Waals surface area contributed by atoms with Crippen molar-refractivity contribution in [1.29, 1.82) is 0 Å². The first-order valence-corrected chi connectivity index (χ1v) is 6.39. The molecule has 1 heteroatoms. The van der Waals surface area contributed by atoms with Crippen LogP contribution < -0.4 is 0 Å². The van der Waals surface area contributed by atoms with Crippen LogP contribution in [0.15, 0.2) is 18.2 Å². The van der Waals surface area contributed by atoms with E-state index in [4.69, 9.17) is 0 Å². The molecule has 0 saturated carbocycles. The molecule has 1 nitrogen and oxygen atoms in total. The summed E-state index contributed by atoms with van der Waals surface area (Å²) in [5.41, 5.74) is 4.43. The van der Waals surface area contributed by atoms with Crippen LogP contribution in [0.25, 0.3) is 0 Å². The Kier molecular flexibility index (Phi) is 3.73. The number of hydrogen-bond acceptors (Lipinski definition) is 1. The monoisotopic (exact) mass is 233 g/mol. The van der Waals surface area contributed by atoms with Gasteiger partial charge in [-0.2, -0.15) is 0 Å². The second-order valence-electron chi connectivity index (χ2n) is 6.54. The maximum Gasteiger partial charge on any atom is 0.0409 e. The van der Waals surface area contributed by atoms with Gasteiger partial charge in [0.1, 0.15) is 0 Å². The molecule has 0 spiro atoms. The van der Waals surface area contributed by atoms with Crippen molar-refractivity contribution in [2.45, 2.75) is 59.5 Å². The number of nitrogens with zero attached hydrogens (tertiary/aromatic N) is 1. The Balaban J connectivity index is 3.26. The van der Waals surface area contributed by atoms with Gasteiger partial charge in [-0.25, -0.2) is 0 Å². The van der Waals surface area contributed by atoms with Crippen LogP contribution in [0, 0.1) is 13.8 Å². The van der Waals surface area contributed by atoms with Crippen LogP contribution in [-0.4, -0.2) is 17.5 Å². The van der Waals surface area contributed by atoms with Crippen molar-refractivity contribution in [1.82, 2.24) is 4.90 Å². The van der Waals surface area contributed by atoms with E-state index in [9.17, 15) is 0 Å². The Morgan fingerprint density at radius 2 is 1.47 bits per heavy atom. The molecule has 1 aromatic rings. The second-order valence-corrected chi connectivity index (χ2v) is 6.54. The summed E-state index contributed by atoms with van der Waals surface area (Å²) in [5, 5.41) is 0. The minimum Gasteiger partial charge on any atom is -0.292 e. The molecule has 0 aliphatic carbocycles. The molecule has 0 bridgehead atoms. The summed E-state index contributed by atoms with van der Waals surface area (Å²) in [6, 6.07) is 6.60. The van der Waals surface area contributed by atoms with Crippen molar-refractivity contribution >= 4 is 0 Å². The molecule has 0 N–H and O–H groups in total. The molecular formula is C16H27N. The van der Waals surface area contributed by atoms with Gasteiger partial charge in [-0.3, -0.25) is 4.90 Å². The Labute approximate surface area is 107 Å². The van der Waals surface area contributed by atoms with Crippen LogP contribution in [-0.2, 0) is 5.54 Å². The lowest BCUT2D eigenvalue weighted by atomic mass is 9.84. The summed E-state index contributed by atoms with van der Waals surface area (Å²) in [6.45, 7) is 15.8. The number of benzene rings is 1. The van der Waals surface area contributed by atoms with Crippen molar-refractivity contribution in [3.05, 3.63) is 34.9 Å². The molecule has 0 fully saturated rings. The molecule has 0 aromatic heterocycles. The van der Waals surface area contributed by atoms with Gasteiger partial charge in [0.2, 0.25) is 0 Å². The van der Waals surface area contributed by atoms with Crippen molar-refractivity contribution in [3.63, 3.8) is 0 Å². The highest BCUT2D eigenvalue weighted by molar-refractivity contribution is 5.37. The normalized spacial score (nSPS) is 13.2. The van der Waals surface area contributed by atoms with E-state index >= 15 is 0 Å². The van der Waals surface area contributed by atoms with Gasteiger partial charge < -0.3 is 0 Å². The number of rotatable bonds is 2. The SMILES string of the molecule is Cc1cccc(C(C)(C)N(C)C(C)(C)C)c1C. The van der Waals surface area contributed by atoms with Crippen molar-refractivity contribution in [3.8, 4) is 0 Å². The van der Waals surface area contributed by atoms with Gasteiger partial charge in [-0.1, -0.05) is 18.2 Å². The molecule has 0 unspecified atom stereocenters. The lowest BCUT2D eigenvalue weighted by Crippen LogP contribution is -2.50. The van der Waals surface area contributed by atoms with Gasteiger partial charge >= 0.3 is 0 Å². The minimum atomic E-state index is 0.0500. The lowest BCUT2D eigenvalue weighted by Gasteiger charge is -2.45. The van der Waals surface area contributed by atoms with E-state index in [0.717, 1.165) is 0 Å². The van der Waals surface area contributed by atoms with Gasteiger partial charge in [0.05, 0.1) is 0 Å². The summed E-state index contributed by atoms with van der Waals surface area (Å²) >= 11 is 0. The third kappa shape index (κ3) is 2.71. The molecule has 0 aliphatic heterocycles. The van der Waals surface area contributed by atoms with E-state index in [1.165, 1.54) is 16.7 Å². The van der Waals surface area contributed by atoms with E-state index in [0.29, 0.717) is 0 Å². The van der Waals surface area contributed by atoms with E-state index in [-0.39, 0.29) is 11.1 Å². The summed E-state index contributed by atoms with van der Waals surface area (Å²) in [7, 11) is 2.21. The summed E-state index contributed by atoms with van der Waals surface area (Å²) in [6.07, 6.45) is 0. The molecule has 1 aromatic carbocycles. The van der Waals surface area contributed by atoms with Crippen molar-refractivity contribution in [2.75, 3.05) is 7.05 Å². The van der Waals surface area contributed by atoms with Gasteiger partial charge in [0, 0.05) is 11.1 Å². The van der Waals surface area contributed by atoms with Crippen LogP contribution in [0.5, 0.6) is 0 Å². The van der Waals surface area contributed by atoms with Gasteiger partial charge in [0.25, 0.3) is 0 Å². The predicted molar refractivity (Wildman–Crippen MR) is 76.5 cm³/mol. The van der Waals surface area contributed by atoms with Crippen molar-refractivity contribution < 1.29 is 0 Å². The third-order valence-electron chi connectivity index (χ3n) is 4.11. The third-order valence-corrected chi connectivity index (χ3v) is 4.11. The quantitative estimate of drug-likeness (QED) is 0.737. The molecule has 96 valence electrons. The number of aryl methyl sites for hydroxylation is 1. The average Bonchev–Trinajstić information content (AvgIpc) is 2.19. The molecule has 1 rings (SSSR count). The molecular weight excluding hydrogens is 206 g/mol.